The molecule has 0 N–H and O–H groups in total. The van der Waals surface area contributed by atoms with Crippen molar-refractivity contribution < 1.29 is 9.47 Å². The predicted molar refractivity (Wildman–Crippen MR) is 49.2 cm³/mol. The van der Waals surface area contributed by atoms with Crippen LogP contribution in [0.4, 0.5) is 0 Å². The Morgan fingerprint density at radius 1 is 1.33 bits per heavy atom. The third-order valence-electron chi connectivity index (χ3n) is 2.38. The van der Waals surface area contributed by atoms with Crippen LogP contribution in [0, 0.1) is 5.41 Å². The van der Waals surface area contributed by atoms with Crippen LogP contribution in [0.25, 0.3) is 0 Å². The van der Waals surface area contributed by atoms with Crippen molar-refractivity contribution >= 4 is 0 Å². The van der Waals surface area contributed by atoms with Crippen LogP contribution in [0.1, 0.15) is 34.1 Å². The maximum absolute atomic E-state index is 5.75. The zero-order valence-electron chi connectivity index (χ0n) is 8.64. The summed E-state index contributed by atoms with van der Waals surface area (Å²) in [7, 11) is 0. The molecule has 1 heterocycles. The Labute approximate surface area is 75.2 Å². The molecule has 0 bridgehead atoms. The van der Waals surface area contributed by atoms with Gasteiger partial charge in [-0.2, -0.15) is 0 Å². The average molecular weight is 172 g/mol. The van der Waals surface area contributed by atoms with E-state index < -0.39 is 0 Å². The van der Waals surface area contributed by atoms with Gasteiger partial charge in [-0.1, -0.05) is 6.92 Å². The molecular weight excluding hydrogens is 152 g/mol. The second kappa shape index (κ2) is 3.35. The van der Waals surface area contributed by atoms with Crippen molar-refractivity contribution in [3.8, 4) is 0 Å². The van der Waals surface area contributed by atoms with E-state index in [4.69, 9.17) is 9.47 Å². The van der Waals surface area contributed by atoms with Gasteiger partial charge in [0, 0.05) is 5.41 Å². The van der Waals surface area contributed by atoms with Gasteiger partial charge in [0.15, 0.2) is 0 Å². The Morgan fingerprint density at radius 3 is 2.17 bits per heavy atom. The molecule has 0 amide bonds. The molecule has 0 aromatic heterocycles. The van der Waals surface area contributed by atoms with Crippen LogP contribution in [0.15, 0.2) is 0 Å². The van der Waals surface area contributed by atoms with Crippen molar-refractivity contribution in [2.75, 3.05) is 19.8 Å². The normalized spacial score (nSPS) is 22.0. The van der Waals surface area contributed by atoms with Gasteiger partial charge >= 0.3 is 0 Å². The van der Waals surface area contributed by atoms with Crippen LogP contribution in [-0.4, -0.2) is 25.4 Å². The van der Waals surface area contributed by atoms with Gasteiger partial charge in [0.1, 0.15) is 0 Å². The molecule has 72 valence electrons. The molecule has 1 aliphatic rings. The Hall–Kier alpha value is -0.0800. The van der Waals surface area contributed by atoms with E-state index in [1.807, 2.05) is 0 Å². The van der Waals surface area contributed by atoms with Crippen molar-refractivity contribution in [1.29, 1.82) is 0 Å². The topological polar surface area (TPSA) is 18.5 Å². The summed E-state index contributed by atoms with van der Waals surface area (Å²) >= 11 is 0. The first-order valence-corrected chi connectivity index (χ1v) is 4.69. The van der Waals surface area contributed by atoms with Crippen molar-refractivity contribution in [1.82, 2.24) is 0 Å². The molecular formula is C10H20O2. The summed E-state index contributed by atoms with van der Waals surface area (Å²) in [6, 6.07) is 0. The average Bonchev–Trinajstić information content (AvgIpc) is 1.84. The molecule has 1 rings (SSSR count). The zero-order chi connectivity index (χ0) is 9.24. The lowest BCUT2D eigenvalue weighted by atomic mass is 9.84. The highest BCUT2D eigenvalue weighted by Crippen LogP contribution is 2.32. The molecule has 1 aliphatic heterocycles. The monoisotopic (exact) mass is 172 g/mol. The molecule has 0 spiro atoms. The van der Waals surface area contributed by atoms with Crippen LogP contribution < -0.4 is 0 Å². The summed E-state index contributed by atoms with van der Waals surface area (Å²) in [6.45, 7) is 11.1. The number of hydrogen-bond acceptors (Lipinski definition) is 2. The zero-order valence-corrected chi connectivity index (χ0v) is 8.64. The lowest BCUT2D eigenvalue weighted by molar-refractivity contribution is -0.171. The smallest absolute Gasteiger partial charge is 0.0598 e. The van der Waals surface area contributed by atoms with E-state index in [1.165, 1.54) is 0 Å². The molecule has 0 unspecified atom stereocenters. The standard InChI is InChI=1S/C10H20O2/c1-5-10(6-11-7-10)8-12-9(2,3)4/h5-8H2,1-4H3. The van der Waals surface area contributed by atoms with E-state index in [0.717, 1.165) is 26.2 Å². The fourth-order valence-electron chi connectivity index (χ4n) is 1.15. The molecule has 0 saturated carbocycles. The fraction of sp³-hybridized carbons (Fsp3) is 1.00. The third-order valence-corrected chi connectivity index (χ3v) is 2.38. The highest BCUT2D eigenvalue weighted by molar-refractivity contribution is 4.84. The van der Waals surface area contributed by atoms with Gasteiger partial charge in [0.25, 0.3) is 0 Å². The van der Waals surface area contributed by atoms with Crippen LogP contribution in [0.5, 0.6) is 0 Å². The lowest BCUT2D eigenvalue weighted by Crippen LogP contribution is -2.47. The van der Waals surface area contributed by atoms with Crippen LogP contribution in [0.3, 0.4) is 0 Å². The Kier molecular flexibility index (Phi) is 2.79. The van der Waals surface area contributed by atoms with Crippen LogP contribution in [-0.2, 0) is 9.47 Å². The molecule has 0 aromatic rings. The van der Waals surface area contributed by atoms with Crippen LogP contribution in [0.2, 0.25) is 0 Å². The molecule has 12 heavy (non-hydrogen) atoms. The van der Waals surface area contributed by atoms with E-state index in [2.05, 4.69) is 27.7 Å². The van der Waals surface area contributed by atoms with E-state index in [0.29, 0.717) is 5.41 Å². The molecule has 1 fully saturated rings. The first-order chi connectivity index (χ1) is 5.47. The summed E-state index contributed by atoms with van der Waals surface area (Å²) in [5, 5.41) is 0. The minimum Gasteiger partial charge on any atom is -0.380 e. The van der Waals surface area contributed by atoms with E-state index in [1.54, 1.807) is 0 Å². The van der Waals surface area contributed by atoms with Crippen molar-refractivity contribution in [3.63, 3.8) is 0 Å². The minimum absolute atomic E-state index is 0.0161. The van der Waals surface area contributed by atoms with Crippen molar-refractivity contribution in [2.24, 2.45) is 5.41 Å². The molecule has 0 atom stereocenters. The number of hydrogen-bond donors (Lipinski definition) is 0. The molecule has 0 radical (unpaired) electrons. The predicted octanol–water partition coefficient (Wildman–Crippen LogP) is 2.23. The van der Waals surface area contributed by atoms with Gasteiger partial charge in [-0.15, -0.1) is 0 Å². The molecule has 2 heteroatoms. The van der Waals surface area contributed by atoms with Crippen molar-refractivity contribution in [2.45, 2.75) is 39.7 Å². The van der Waals surface area contributed by atoms with Gasteiger partial charge in [-0.3, -0.25) is 0 Å². The molecule has 0 aliphatic carbocycles. The van der Waals surface area contributed by atoms with Gasteiger partial charge in [-0.05, 0) is 27.2 Å². The number of ether oxygens (including phenoxy) is 2. The van der Waals surface area contributed by atoms with Gasteiger partial charge in [0.05, 0.1) is 25.4 Å². The summed E-state index contributed by atoms with van der Waals surface area (Å²) in [4.78, 5) is 0. The van der Waals surface area contributed by atoms with E-state index in [9.17, 15) is 0 Å². The summed E-state index contributed by atoms with van der Waals surface area (Å²) in [5.74, 6) is 0. The summed E-state index contributed by atoms with van der Waals surface area (Å²) in [6.07, 6.45) is 1.16. The first kappa shape index (κ1) is 10.0. The minimum atomic E-state index is -0.0161. The third kappa shape index (κ3) is 2.46. The Bertz CT molecular complexity index is 137. The van der Waals surface area contributed by atoms with E-state index >= 15 is 0 Å². The SMILES string of the molecule is CCC1(COC(C)(C)C)COC1. The fourth-order valence-corrected chi connectivity index (χ4v) is 1.15. The van der Waals surface area contributed by atoms with Crippen molar-refractivity contribution in [3.05, 3.63) is 0 Å². The highest BCUT2D eigenvalue weighted by Gasteiger charge is 2.38. The quantitative estimate of drug-likeness (QED) is 0.650. The number of rotatable bonds is 3. The maximum Gasteiger partial charge on any atom is 0.0598 e. The van der Waals surface area contributed by atoms with Gasteiger partial charge in [0.2, 0.25) is 0 Å². The second-order valence-corrected chi connectivity index (χ2v) is 4.75. The lowest BCUT2D eigenvalue weighted by Gasteiger charge is -2.42. The van der Waals surface area contributed by atoms with Gasteiger partial charge in [-0.25, -0.2) is 0 Å². The van der Waals surface area contributed by atoms with Gasteiger partial charge < -0.3 is 9.47 Å². The summed E-state index contributed by atoms with van der Waals surface area (Å²) in [5.41, 5.74) is 0.311. The van der Waals surface area contributed by atoms with Crippen LogP contribution >= 0.6 is 0 Å². The second-order valence-electron chi connectivity index (χ2n) is 4.75. The molecule has 1 saturated heterocycles. The molecule has 2 nitrogen and oxygen atoms in total. The summed E-state index contributed by atoms with van der Waals surface area (Å²) < 4.78 is 11.0. The maximum atomic E-state index is 5.75. The highest BCUT2D eigenvalue weighted by atomic mass is 16.5. The molecule has 0 aromatic carbocycles. The van der Waals surface area contributed by atoms with E-state index in [-0.39, 0.29) is 5.60 Å². The Morgan fingerprint density at radius 2 is 1.92 bits per heavy atom. The largest absolute Gasteiger partial charge is 0.380 e. The Balaban J connectivity index is 2.30. The first-order valence-electron chi connectivity index (χ1n) is 4.69.